The van der Waals surface area contributed by atoms with Crippen molar-refractivity contribution in [1.82, 2.24) is 0 Å². The van der Waals surface area contributed by atoms with E-state index in [1.54, 1.807) is 24.3 Å². The van der Waals surface area contributed by atoms with E-state index >= 15 is 0 Å². The second-order valence-electron chi connectivity index (χ2n) is 9.37. The Morgan fingerprint density at radius 2 is 1.73 bits per heavy atom. The van der Waals surface area contributed by atoms with Crippen LogP contribution in [0.2, 0.25) is 0 Å². The van der Waals surface area contributed by atoms with Gasteiger partial charge >= 0.3 is 0 Å². The Bertz CT molecular complexity index is 1010. The molecule has 4 aliphatic carbocycles. The van der Waals surface area contributed by atoms with E-state index in [1.165, 1.54) is 12.1 Å². The predicted octanol–water partition coefficient (Wildman–Crippen LogP) is 4.36. The lowest BCUT2D eigenvalue weighted by molar-refractivity contribution is -0.384. The second kappa shape index (κ2) is 6.79. The Kier molecular flexibility index (Phi) is 4.31. The zero-order chi connectivity index (χ0) is 21.0. The maximum Gasteiger partial charge on any atom is 0.269 e. The van der Waals surface area contributed by atoms with Gasteiger partial charge in [-0.1, -0.05) is 0 Å². The summed E-state index contributed by atoms with van der Waals surface area (Å²) in [5.74, 6) is 2.29. The van der Waals surface area contributed by atoms with E-state index in [2.05, 4.69) is 0 Å². The molecule has 1 amide bonds. The second-order valence-corrected chi connectivity index (χ2v) is 9.37. The Morgan fingerprint density at radius 1 is 1.07 bits per heavy atom. The van der Waals surface area contributed by atoms with Gasteiger partial charge in [0, 0.05) is 29.5 Å². The molecule has 4 aliphatic rings. The summed E-state index contributed by atoms with van der Waals surface area (Å²) in [4.78, 5) is 35.4. The van der Waals surface area contributed by atoms with Crippen molar-refractivity contribution in [2.24, 2.45) is 34.8 Å². The number of nitrogens with two attached hydrogens (primary N) is 1. The normalized spacial score (nSPS) is 31.6. The fraction of sp³-hybridized carbons (Fsp3) is 0.478. The van der Waals surface area contributed by atoms with Crippen LogP contribution in [0.5, 0.6) is 0 Å². The van der Waals surface area contributed by atoms with E-state index in [1.807, 2.05) is 0 Å². The summed E-state index contributed by atoms with van der Waals surface area (Å²) in [5.41, 5.74) is 6.12. The van der Waals surface area contributed by atoms with Crippen molar-refractivity contribution in [3.05, 3.63) is 52.3 Å². The van der Waals surface area contributed by atoms with Gasteiger partial charge in [0.15, 0.2) is 11.5 Å². The quantitative estimate of drug-likeness (QED) is 0.433. The third-order valence-corrected chi connectivity index (χ3v) is 7.66. The standard InChI is InChI=1S/C23H24N2O5/c24-22(27)23-10-13-7-15(11-23)18(16(8-13)12-23)9-19(26)21-6-5-20(30-21)14-1-3-17(4-2-14)25(28)29/h1-6,13,15-16,18H,7-12H2,(H2,24,27). The highest BCUT2D eigenvalue weighted by Crippen LogP contribution is 2.62. The lowest BCUT2D eigenvalue weighted by Gasteiger charge is -2.58. The molecule has 2 atom stereocenters. The molecule has 2 aromatic rings. The van der Waals surface area contributed by atoms with Crippen molar-refractivity contribution < 1.29 is 18.9 Å². The maximum absolute atomic E-state index is 13.0. The molecule has 0 radical (unpaired) electrons. The highest BCUT2D eigenvalue weighted by Gasteiger charge is 2.57. The van der Waals surface area contributed by atoms with Gasteiger partial charge < -0.3 is 10.2 Å². The predicted molar refractivity (Wildman–Crippen MR) is 108 cm³/mol. The lowest BCUT2D eigenvalue weighted by Crippen LogP contribution is -2.56. The van der Waals surface area contributed by atoms with E-state index in [0.717, 1.165) is 32.1 Å². The SMILES string of the molecule is NC(=O)C12CC3CC(C1)C(CC(=O)c1ccc(-c4ccc([N+](=O)[O-])cc4)o1)C(C3)C2. The molecule has 1 heterocycles. The minimum atomic E-state index is -0.450. The van der Waals surface area contributed by atoms with Crippen LogP contribution in [0.25, 0.3) is 11.3 Å². The van der Waals surface area contributed by atoms with Crippen LogP contribution in [0, 0.1) is 39.2 Å². The molecule has 4 bridgehead atoms. The molecule has 0 spiro atoms. The molecule has 4 saturated carbocycles. The number of hydrogen-bond acceptors (Lipinski definition) is 5. The molecular formula is C23H24N2O5. The van der Waals surface area contributed by atoms with E-state index in [0.29, 0.717) is 41.3 Å². The molecule has 156 valence electrons. The van der Waals surface area contributed by atoms with Crippen molar-refractivity contribution in [3.8, 4) is 11.3 Å². The largest absolute Gasteiger partial charge is 0.453 e. The van der Waals surface area contributed by atoms with Gasteiger partial charge in [0.2, 0.25) is 5.91 Å². The van der Waals surface area contributed by atoms with Gasteiger partial charge in [0.25, 0.3) is 5.69 Å². The van der Waals surface area contributed by atoms with E-state index in [-0.39, 0.29) is 28.7 Å². The van der Waals surface area contributed by atoms with Crippen molar-refractivity contribution in [1.29, 1.82) is 0 Å². The smallest absolute Gasteiger partial charge is 0.269 e. The third-order valence-electron chi connectivity index (χ3n) is 7.66. The molecule has 0 aliphatic heterocycles. The van der Waals surface area contributed by atoms with Gasteiger partial charge in [0.05, 0.1) is 4.92 Å². The number of ketones is 1. The number of nitrogens with zero attached hydrogens (tertiary/aromatic N) is 1. The highest BCUT2D eigenvalue weighted by molar-refractivity contribution is 5.94. The Morgan fingerprint density at radius 3 is 2.33 bits per heavy atom. The maximum atomic E-state index is 13.0. The van der Waals surface area contributed by atoms with Gasteiger partial charge in [-0.3, -0.25) is 19.7 Å². The highest BCUT2D eigenvalue weighted by atomic mass is 16.6. The van der Waals surface area contributed by atoms with E-state index in [9.17, 15) is 19.7 Å². The molecule has 30 heavy (non-hydrogen) atoms. The summed E-state index contributed by atoms with van der Waals surface area (Å²) < 4.78 is 5.79. The summed E-state index contributed by atoms with van der Waals surface area (Å²) in [5, 5.41) is 10.8. The minimum absolute atomic E-state index is 0.0113. The van der Waals surface area contributed by atoms with Crippen LogP contribution >= 0.6 is 0 Å². The van der Waals surface area contributed by atoms with Crippen LogP contribution in [-0.2, 0) is 4.79 Å². The first-order valence-corrected chi connectivity index (χ1v) is 10.5. The number of amides is 1. The first kappa shape index (κ1) is 19.0. The summed E-state index contributed by atoms with van der Waals surface area (Å²) in [6.07, 6.45) is 5.18. The van der Waals surface area contributed by atoms with Crippen LogP contribution in [0.3, 0.4) is 0 Å². The molecule has 2 unspecified atom stereocenters. The van der Waals surface area contributed by atoms with Crippen LogP contribution < -0.4 is 5.73 Å². The van der Waals surface area contributed by atoms with Crippen molar-refractivity contribution in [2.45, 2.75) is 38.5 Å². The van der Waals surface area contributed by atoms with Crippen LogP contribution in [0.15, 0.2) is 40.8 Å². The molecule has 1 aromatic carbocycles. The fourth-order valence-electron chi connectivity index (χ4n) is 6.47. The molecule has 1 aromatic heterocycles. The molecule has 2 N–H and O–H groups in total. The number of carbonyl (C=O) groups excluding carboxylic acids is 2. The van der Waals surface area contributed by atoms with Crippen molar-refractivity contribution >= 4 is 17.4 Å². The summed E-state index contributed by atoms with van der Waals surface area (Å²) in [6, 6.07) is 9.48. The number of primary amides is 1. The number of hydrogen-bond donors (Lipinski definition) is 1. The molecule has 4 fully saturated rings. The summed E-state index contributed by atoms with van der Waals surface area (Å²) >= 11 is 0. The third kappa shape index (κ3) is 3.04. The molecule has 0 saturated heterocycles. The van der Waals surface area contributed by atoms with Crippen LogP contribution in [-0.4, -0.2) is 16.6 Å². The van der Waals surface area contributed by atoms with Gasteiger partial charge in [-0.2, -0.15) is 0 Å². The number of furan rings is 1. The molecule has 7 nitrogen and oxygen atoms in total. The lowest BCUT2D eigenvalue weighted by atomic mass is 9.45. The Balaban J connectivity index is 1.30. The zero-order valence-corrected chi connectivity index (χ0v) is 16.6. The summed E-state index contributed by atoms with van der Waals surface area (Å²) in [6.45, 7) is 0. The van der Waals surface area contributed by atoms with E-state index < -0.39 is 4.92 Å². The number of benzene rings is 1. The number of nitro benzene ring substituents is 1. The average molecular weight is 408 g/mol. The molecular weight excluding hydrogens is 384 g/mol. The summed E-state index contributed by atoms with van der Waals surface area (Å²) in [7, 11) is 0. The zero-order valence-electron chi connectivity index (χ0n) is 16.6. The average Bonchev–Trinajstić information content (AvgIpc) is 3.20. The van der Waals surface area contributed by atoms with E-state index in [4.69, 9.17) is 10.2 Å². The van der Waals surface area contributed by atoms with Crippen LogP contribution in [0.4, 0.5) is 5.69 Å². The number of non-ortho nitro benzene ring substituents is 1. The Labute approximate surface area is 173 Å². The first-order chi connectivity index (χ1) is 14.3. The fourth-order valence-corrected chi connectivity index (χ4v) is 6.47. The van der Waals surface area contributed by atoms with Gasteiger partial charge in [-0.15, -0.1) is 0 Å². The number of Topliss-reactive ketones (excluding diaryl/α,β-unsaturated/α-hetero) is 1. The number of nitro groups is 1. The van der Waals surface area contributed by atoms with Gasteiger partial charge in [-0.25, -0.2) is 0 Å². The molecule has 7 heteroatoms. The Hall–Kier alpha value is -2.96. The number of carbonyl (C=O) groups is 2. The van der Waals surface area contributed by atoms with Crippen molar-refractivity contribution in [3.63, 3.8) is 0 Å². The first-order valence-electron chi connectivity index (χ1n) is 10.5. The molecule has 6 rings (SSSR count). The minimum Gasteiger partial charge on any atom is -0.453 e. The number of rotatable bonds is 6. The van der Waals surface area contributed by atoms with Gasteiger partial charge in [0.1, 0.15) is 5.76 Å². The van der Waals surface area contributed by atoms with Crippen LogP contribution in [0.1, 0.15) is 49.1 Å². The topological polar surface area (TPSA) is 116 Å². The van der Waals surface area contributed by atoms with Crippen molar-refractivity contribution in [2.75, 3.05) is 0 Å². The monoisotopic (exact) mass is 408 g/mol. The van der Waals surface area contributed by atoms with Gasteiger partial charge in [-0.05, 0) is 80.0 Å².